The second-order valence-corrected chi connectivity index (χ2v) is 35.0. The average Bonchev–Trinajstić information content (AvgIpc) is 1.63. The van der Waals surface area contributed by atoms with Crippen LogP contribution in [-0.4, -0.2) is 292 Å². The standard InChI is InChI=1S/C24H24F4N6O2.C23H21F4N7O.C21H18F4N6O2.C20H19F4N5O3S/c1-14(22(35)29-17-6-7-17)32-8-10-33(11-9-32)23(36)20-13-34-21(30-20)18(24(26,27)28)12-19(31-34)15-2-4-16(25)5-3-15;24-17-3-1-16(2-4-17)19-13-18(23(25,26)27)21-29-20(14-34(21)30-19)22(35)33-11-9-31(10-12-33)7-8-32-6-5-28-15-32;22-13-3-1-12(2-4-13)15-9-14(21(23,24)25)18-27-16(10-31(18)28-15)20(33)30-8-7-29-6-5-26-19(32)17(29)11-30;1-2-33(31,32)28-9-7-27(8-10-28)19(30)17-12-29-18(25-17)15(20(22,23)24)11-16(26-29)13-3-5-14(21)6-4-13/h2-5,12-14,17H,6-11H2,1H3,(H,29,35);1-6,13-15H,7-12H2;1-4,9-10,17H,5-8,11H2,(H,26,32);3-6,11-12H,2,7-10H2,1H3. The van der Waals surface area contributed by atoms with E-state index in [9.17, 15) is 107 Å². The number of nitrogens with one attached hydrogen (secondary N) is 2. The molecule has 2 atom stereocenters. The van der Waals surface area contributed by atoms with Crippen LogP contribution in [-0.2, 0) is 50.9 Å². The van der Waals surface area contributed by atoms with E-state index in [2.05, 4.69) is 60.8 Å². The lowest BCUT2D eigenvalue weighted by Gasteiger charge is -2.42. The van der Waals surface area contributed by atoms with Crippen molar-refractivity contribution in [3.63, 3.8) is 0 Å². The molecule has 6 aliphatic rings. The summed E-state index contributed by atoms with van der Waals surface area (Å²) in [4.78, 5) is 108. The Morgan fingerprint density at radius 3 is 1.11 bits per heavy atom. The Kier molecular flexibility index (Phi) is 27.4. The van der Waals surface area contributed by atoms with Gasteiger partial charge in [0.05, 0.1) is 65.7 Å². The number of piperazine rings is 5. The maximum Gasteiger partial charge on any atom is 0.420 e. The average molecular weight is 1940 g/mol. The van der Waals surface area contributed by atoms with E-state index in [1.54, 1.807) is 17.4 Å². The lowest BCUT2D eigenvalue weighted by atomic mass is 10.1. The van der Waals surface area contributed by atoms with Gasteiger partial charge in [-0.15, -0.1) is 0 Å². The molecule has 5 aliphatic heterocycles. The van der Waals surface area contributed by atoms with Crippen molar-refractivity contribution in [2.24, 2.45) is 0 Å². The van der Waals surface area contributed by atoms with Crippen LogP contribution in [0.5, 0.6) is 0 Å². The number of halogens is 16. The number of rotatable bonds is 16. The number of aromatic nitrogens is 14. The Bertz CT molecular complexity index is 6770. The van der Waals surface area contributed by atoms with Crippen molar-refractivity contribution in [2.45, 2.75) is 76.1 Å². The zero-order chi connectivity index (χ0) is 97.5. The van der Waals surface area contributed by atoms with Crippen molar-refractivity contribution in [3.8, 4) is 45.0 Å². The number of hydrogen-bond donors (Lipinski definition) is 2. The molecule has 4 aromatic carbocycles. The predicted molar refractivity (Wildman–Crippen MR) is 457 cm³/mol. The zero-order valence-electron chi connectivity index (χ0n) is 72.4. The number of sulfonamides is 1. The maximum absolute atomic E-state index is 13.8. The van der Waals surface area contributed by atoms with Crippen molar-refractivity contribution in [1.82, 2.24) is 117 Å². The first kappa shape index (κ1) is 96.2. The summed E-state index contributed by atoms with van der Waals surface area (Å²) in [6.07, 6.45) is -7.01. The molecular weight excluding hydrogens is 1860 g/mol. The van der Waals surface area contributed by atoms with Crippen molar-refractivity contribution < 1.29 is 107 Å². The number of amides is 6. The molecule has 19 rings (SSSR count). The molecule has 0 spiro atoms. The zero-order valence-corrected chi connectivity index (χ0v) is 73.3. The summed E-state index contributed by atoms with van der Waals surface area (Å²) < 4.78 is 249. The van der Waals surface area contributed by atoms with Gasteiger partial charge in [0.15, 0.2) is 22.6 Å². The minimum Gasteiger partial charge on any atom is -0.353 e. The smallest absolute Gasteiger partial charge is 0.353 e. The summed E-state index contributed by atoms with van der Waals surface area (Å²) in [7, 11) is -3.39. The van der Waals surface area contributed by atoms with E-state index in [1.165, 1.54) is 86.9 Å². The molecule has 5 saturated heterocycles. The summed E-state index contributed by atoms with van der Waals surface area (Å²) in [5.74, 6) is -4.54. The van der Waals surface area contributed by atoms with Crippen LogP contribution in [0.4, 0.5) is 70.2 Å². The van der Waals surface area contributed by atoms with Gasteiger partial charge in [0.2, 0.25) is 21.8 Å². The first-order valence-corrected chi connectivity index (χ1v) is 44.5. The van der Waals surface area contributed by atoms with Gasteiger partial charge in [-0.05, 0) is 148 Å². The minimum absolute atomic E-state index is 0.00673. The summed E-state index contributed by atoms with van der Waals surface area (Å²) in [6, 6.07) is 22.4. The van der Waals surface area contributed by atoms with E-state index in [0.717, 1.165) is 129 Å². The Morgan fingerprint density at radius 2 is 0.781 bits per heavy atom. The number of nitrogens with zero attached hydrogens (tertiary/aromatic N) is 22. The van der Waals surface area contributed by atoms with Crippen LogP contribution in [0.15, 0.2) is 165 Å². The molecule has 13 aromatic rings. The monoisotopic (exact) mass is 1940 g/mol. The second-order valence-electron chi connectivity index (χ2n) is 32.8. The summed E-state index contributed by atoms with van der Waals surface area (Å²) in [6.45, 7) is 11.2. The number of hydrogen-bond acceptors (Lipinski definition) is 20. The van der Waals surface area contributed by atoms with E-state index in [4.69, 9.17) is 0 Å². The fraction of sp³-hybridized carbons (Fsp3) is 0.352. The molecule has 0 bridgehead atoms. The van der Waals surface area contributed by atoms with Crippen molar-refractivity contribution in [3.05, 3.63) is 233 Å². The molecule has 720 valence electrons. The van der Waals surface area contributed by atoms with Crippen molar-refractivity contribution in [2.75, 3.05) is 124 Å². The highest BCUT2D eigenvalue weighted by Gasteiger charge is 2.44. The third-order valence-electron chi connectivity index (χ3n) is 23.8. The highest BCUT2D eigenvalue weighted by molar-refractivity contribution is 7.89. The van der Waals surface area contributed by atoms with Gasteiger partial charge in [0.25, 0.3) is 23.6 Å². The summed E-state index contributed by atoms with van der Waals surface area (Å²) in [5, 5.41) is 22.4. The number of alkyl halides is 12. The van der Waals surface area contributed by atoms with Gasteiger partial charge in [0.1, 0.15) is 74.3 Å². The first-order chi connectivity index (χ1) is 65.1. The van der Waals surface area contributed by atoms with E-state index in [1.807, 2.05) is 27.5 Å². The fourth-order valence-electron chi connectivity index (χ4n) is 16.0. The van der Waals surface area contributed by atoms with Gasteiger partial charge in [-0.1, -0.05) is 0 Å². The Hall–Kier alpha value is -13.9. The second kappa shape index (κ2) is 39.0. The van der Waals surface area contributed by atoms with Crippen LogP contribution in [0.25, 0.3) is 67.6 Å². The van der Waals surface area contributed by atoms with Gasteiger partial charge >= 0.3 is 24.7 Å². The van der Waals surface area contributed by atoms with Gasteiger partial charge < -0.3 is 34.8 Å². The number of imidazole rings is 5. The molecular formula is C88H82F16N24O8S. The topological polar surface area (TPSA) is 325 Å². The fourth-order valence-corrected chi connectivity index (χ4v) is 17.1. The summed E-state index contributed by atoms with van der Waals surface area (Å²) >= 11 is 0. The third-order valence-corrected chi connectivity index (χ3v) is 25.6. The van der Waals surface area contributed by atoms with Gasteiger partial charge in [0, 0.05) is 165 Å². The van der Waals surface area contributed by atoms with Gasteiger partial charge in [-0.25, -0.2) is 69.0 Å². The normalized spacial score (nSPS) is 17.1. The van der Waals surface area contributed by atoms with Crippen LogP contribution >= 0.6 is 0 Å². The first-order valence-electron chi connectivity index (χ1n) is 42.9. The maximum atomic E-state index is 13.8. The number of carbonyl (C=O) groups excluding carboxylic acids is 6. The molecule has 1 aliphatic carbocycles. The lowest BCUT2D eigenvalue weighted by Crippen LogP contribution is -2.64. The van der Waals surface area contributed by atoms with E-state index in [0.29, 0.717) is 89.7 Å². The van der Waals surface area contributed by atoms with Crippen molar-refractivity contribution >= 4 is 68.1 Å². The number of fused-ring (bicyclic) bond motifs is 5. The molecule has 1 saturated carbocycles. The molecule has 0 radical (unpaired) electrons. The number of carbonyl (C=O) groups is 6. The number of benzene rings is 4. The van der Waals surface area contributed by atoms with Crippen molar-refractivity contribution in [1.29, 1.82) is 0 Å². The largest absolute Gasteiger partial charge is 0.420 e. The molecule has 6 fully saturated rings. The molecule has 6 amide bonds. The van der Waals surface area contributed by atoms with Crippen LogP contribution < -0.4 is 10.6 Å². The minimum atomic E-state index is -4.77. The van der Waals surface area contributed by atoms with Crippen LogP contribution in [0.3, 0.4) is 0 Å². The summed E-state index contributed by atoms with van der Waals surface area (Å²) in [5.41, 5.74) is -5.89. The van der Waals surface area contributed by atoms with Gasteiger partial charge in [-0.2, -0.15) is 77.4 Å². The lowest BCUT2D eigenvalue weighted by molar-refractivity contribution is -0.137. The Labute approximate surface area is 767 Å². The highest BCUT2D eigenvalue weighted by atomic mass is 32.2. The Balaban J connectivity index is 0.000000132. The van der Waals surface area contributed by atoms with Crippen LogP contribution in [0, 0.1) is 23.3 Å². The van der Waals surface area contributed by atoms with Crippen LogP contribution in [0.2, 0.25) is 0 Å². The molecule has 49 heteroatoms. The molecule has 9 aromatic heterocycles. The van der Waals surface area contributed by atoms with Crippen LogP contribution in [0.1, 0.15) is 90.9 Å². The predicted octanol–water partition coefficient (Wildman–Crippen LogP) is 10.7. The molecule has 2 unspecified atom stereocenters. The molecule has 137 heavy (non-hydrogen) atoms. The molecule has 14 heterocycles. The third kappa shape index (κ3) is 22.0. The Morgan fingerprint density at radius 1 is 0.445 bits per heavy atom. The molecule has 2 N–H and O–H groups in total. The quantitative estimate of drug-likeness (QED) is 0.0849. The van der Waals surface area contributed by atoms with Gasteiger partial charge in [-0.3, -0.25) is 43.5 Å². The highest BCUT2D eigenvalue weighted by Crippen LogP contribution is 2.40. The van der Waals surface area contributed by atoms with E-state index >= 15 is 0 Å². The SMILES string of the molecule is CC(C(=O)NC1CC1)N1CCN(C(=O)c2cn3nc(-c4ccc(F)cc4)cc(C(F)(F)F)c3n2)CC1.CCS(=O)(=O)N1CCN(C(=O)c2cn3nc(-c4ccc(F)cc4)cc(C(F)(F)F)c3n2)CC1.O=C(c1cn2nc(-c3ccc(F)cc3)cc(C(F)(F)F)c2n1)N1CCN(CCn2ccnc2)CC1.O=C1NCCN2CCN(C(=O)c3cn4nc(-c5ccc(F)cc5)cc(C(F)(F)F)c4n3)CC12. The van der Waals surface area contributed by atoms with E-state index in [-0.39, 0.29) is 119 Å². The molecule has 32 nitrogen and oxygen atoms in total. The van der Waals surface area contributed by atoms with E-state index < -0.39 is 133 Å².